The van der Waals surface area contributed by atoms with Gasteiger partial charge in [-0.05, 0) is 25.9 Å². The van der Waals surface area contributed by atoms with Crippen LogP contribution in [0.25, 0.3) is 0 Å². The van der Waals surface area contributed by atoms with Gasteiger partial charge in [-0.1, -0.05) is 33.1 Å². The molecule has 0 aliphatic carbocycles. The summed E-state index contributed by atoms with van der Waals surface area (Å²) >= 11 is 0. The summed E-state index contributed by atoms with van der Waals surface area (Å²) in [6, 6.07) is 0. The largest absolute Gasteiger partial charge is 0.395 e. The van der Waals surface area contributed by atoms with Gasteiger partial charge in [0.05, 0.1) is 0 Å². The molecule has 0 bridgehead atoms. The summed E-state index contributed by atoms with van der Waals surface area (Å²) in [5, 5.41) is 0. The van der Waals surface area contributed by atoms with E-state index in [4.69, 9.17) is 8.85 Å². The molecule has 0 atom stereocenters. The van der Waals surface area contributed by atoms with Gasteiger partial charge in [0.15, 0.2) is 0 Å². The third-order valence-corrected chi connectivity index (χ3v) is 3.90. The van der Waals surface area contributed by atoms with Crippen molar-refractivity contribution in [3.05, 3.63) is 0 Å². The second kappa shape index (κ2) is 8.45. The fraction of sp³-hybridized carbons (Fsp3) is 1.00. The summed E-state index contributed by atoms with van der Waals surface area (Å²) in [4.78, 5) is 0. The van der Waals surface area contributed by atoms with Crippen molar-refractivity contribution in [1.82, 2.24) is 0 Å². The average molecular weight is 218 g/mol. The molecular formula is C11H26O2Si. The molecule has 0 aliphatic rings. The van der Waals surface area contributed by atoms with Gasteiger partial charge in [-0.3, -0.25) is 0 Å². The minimum Gasteiger partial charge on any atom is -0.395 e. The van der Waals surface area contributed by atoms with Crippen molar-refractivity contribution >= 4 is 8.56 Å². The minimum atomic E-state index is -1.78. The van der Waals surface area contributed by atoms with Gasteiger partial charge in [0.1, 0.15) is 0 Å². The lowest BCUT2D eigenvalue weighted by Crippen LogP contribution is -2.35. The van der Waals surface area contributed by atoms with Crippen molar-refractivity contribution < 1.29 is 8.85 Å². The molecule has 0 aromatic carbocycles. The molecule has 0 amide bonds. The van der Waals surface area contributed by atoms with E-state index in [9.17, 15) is 0 Å². The topological polar surface area (TPSA) is 18.5 Å². The lowest BCUT2D eigenvalue weighted by molar-refractivity contribution is 0.176. The van der Waals surface area contributed by atoms with Crippen LogP contribution in [0.15, 0.2) is 0 Å². The second-order valence-electron chi connectivity index (χ2n) is 4.16. The van der Waals surface area contributed by atoms with Crippen LogP contribution in [0.5, 0.6) is 0 Å². The maximum atomic E-state index is 5.79. The molecule has 0 saturated heterocycles. The summed E-state index contributed by atoms with van der Waals surface area (Å²) in [7, 11) is -1.78. The number of unbranched alkanes of at least 4 members (excludes halogenated alkanes) is 3. The Morgan fingerprint density at radius 1 is 0.786 bits per heavy atom. The average Bonchev–Trinajstić information content (AvgIpc) is 2.15. The highest BCUT2D eigenvalue weighted by Crippen LogP contribution is 2.09. The minimum absolute atomic E-state index is 0.841. The van der Waals surface area contributed by atoms with Crippen LogP contribution in [-0.2, 0) is 8.85 Å². The van der Waals surface area contributed by atoms with Crippen molar-refractivity contribution in [2.75, 3.05) is 13.2 Å². The highest BCUT2D eigenvalue weighted by Gasteiger charge is 2.23. The van der Waals surface area contributed by atoms with Gasteiger partial charge in [-0.25, -0.2) is 0 Å². The maximum absolute atomic E-state index is 5.79. The van der Waals surface area contributed by atoms with Gasteiger partial charge in [-0.2, -0.15) is 0 Å². The summed E-state index contributed by atoms with van der Waals surface area (Å²) in [6.45, 7) is 10.3. The quantitative estimate of drug-likeness (QED) is 0.434. The molecule has 0 aromatic rings. The Balaban J connectivity index is 3.35. The number of hydrogen-bond donors (Lipinski definition) is 0. The van der Waals surface area contributed by atoms with E-state index in [2.05, 4.69) is 26.9 Å². The highest BCUT2D eigenvalue weighted by atomic mass is 28.4. The molecule has 0 heterocycles. The first kappa shape index (κ1) is 14.1. The summed E-state index contributed by atoms with van der Waals surface area (Å²) in [6.07, 6.45) is 6.15. The van der Waals surface area contributed by atoms with Crippen LogP contribution in [-0.4, -0.2) is 21.8 Å². The molecule has 14 heavy (non-hydrogen) atoms. The Bertz CT molecular complexity index is 126. The fourth-order valence-electron chi connectivity index (χ4n) is 1.24. The Morgan fingerprint density at radius 3 is 2.00 bits per heavy atom. The number of rotatable bonds is 9. The number of hydrogen-bond acceptors (Lipinski definition) is 2. The first-order valence-corrected chi connectivity index (χ1v) is 8.72. The van der Waals surface area contributed by atoms with E-state index >= 15 is 0 Å². The summed E-state index contributed by atoms with van der Waals surface area (Å²) in [5.41, 5.74) is 0. The van der Waals surface area contributed by atoms with Crippen molar-refractivity contribution in [2.24, 2.45) is 0 Å². The maximum Gasteiger partial charge on any atom is 0.331 e. The zero-order valence-electron chi connectivity index (χ0n) is 10.3. The zero-order chi connectivity index (χ0) is 10.9. The normalized spacial score (nSPS) is 12.0. The SMILES string of the molecule is CCCCCCO[Si](C)(C)OCCC. The van der Waals surface area contributed by atoms with E-state index in [1.54, 1.807) is 0 Å². The van der Waals surface area contributed by atoms with Gasteiger partial charge in [0.2, 0.25) is 0 Å². The first-order chi connectivity index (χ1) is 6.62. The van der Waals surface area contributed by atoms with Crippen molar-refractivity contribution in [2.45, 2.75) is 59.0 Å². The molecule has 0 spiro atoms. The summed E-state index contributed by atoms with van der Waals surface area (Å²) in [5.74, 6) is 0. The van der Waals surface area contributed by atoms with E-state index in [0.29, 0.717) is 0 Å². The second-order valence-corrected chi connectivity index (χ2v) is 7.53. The Hall–Kier alpha value is 0.137. The lowest BCUT2D eigenvalue weighted by atomic mass is 10.2. The first-order valence-electron chi connectivity index (χ1n) is 5.90. The predicted octanol–water partition coefficient (Wildman–Crippen LogP) is 3.71. The third kappa shape index (κ3) is 8.72. The predicted molar refractivity (Wildman–Crippen MR) is 63.8 cm³/mol. The zero-order valence-corrected chi connectivity index (χ0v) is 11.3. The van der Waals surface area contributed by atoms with Crippen LogP contribution in [0.4, 0.5) is 0 Å². The molecule has 2 nitrogen and oxygen atoms in total. The van der Waals surface area contributed by atoms with Crippen LogP contribution in [0.3, 0.4) is 0 Å². The van der Waals surface area contributed by atoms with E-state index in [1.165, 1.54) is 25.7 Å². The molecule has 86 valence electrons. The molecule has 0 aromatic heterocycles. The van der Waals surface area contributed by atoms with E-state index in [0.717, 1.165) is 19.6 Å². The smallest absolute Gasteiger partial charge is 0.331 e. The van der Waals surface area contributed by atoms with Crippen LogP contribution in [0.1, 0.15) is 46.0 Å². The monoisotopic (exact) mass is 218 g/mol. The highest BCUT2D eigenvalue weighted by molar-refractivity contribution is 6.64. The van der Waals surface area contributed by atoms with Crippen LogP contribution >= 0.6 is 0 Å². The summed E-state index contributed by atoms with van der Waals surface area (Å²) < 4.78 is 11.5. The van der Waals surface area contributed by atoms with Gasteiger partial charge >= 0.3 is 8.56 Å². The molecule has 0 fully saturated rings. The molecule has 0 aliphatic heterocycles. The van der Waals surface area contributed by atoms with Crippen molar-refractivity contribution in [3.63, 3.8) is 0 Å². The van der Waals surface area contributed by atoms with E-state index in [-0.39, 0.29) is 0 Å². The van der Waals surface area contributed by atoms with Crippen molar-refractivity contribution in [3.8, 4) is 0 Å². The van der Waals surface area contributed by atoms with Gasteiger partial charge in [-0.15, -0.1) is 0 Å². The Kier molecular flexibility index (Phi) is 8.53. The lowest BCUT2D eigenvalue weighted by Gasteiger charge is -2.22. The van der Waals surface area contributed by atoms with Gasteiger partial charge in [0.25, 0.3) is 0 Å². The standard InChI is InChI=1S/C11H26O2Si/c1-5-7-8-9-11-13-14(3,4)12-10-6-2/h5-11H2,1-4H3. The van der Waals surface area contributed by atoms with Crippen LogP contribution in [0.2, 0.25) is 13.1 Å². The molecule has 0 N–H and O–H groups in total. The van der Waals surface area contributed by atoms with E-state index < -0.39 is 8.56 Å². The fourth-order valence-corrected chi connectivity index (χ4v) is 2.65. The molecular weight excluding hydrogens is 192 g/mol. The molecule has 0 rings (SSSR count). The Labute approximate surface area is 90.2 Å². The third-order valence-electron chi connectivity index (χ3n) is 2.10. The van der Waals surface area contributed by atoms with Gasteiger partial charge < -0.3 is 8.85 Å². The van der Waals surface area contributed by atoms with Crippen LogP contribution in [0, 0.1) is 0 Å². The molecule has 0 saturated carbocycles. The molecule has 3 heteroatoms. The Morgan fingerprint density at radius 2 is 1.43 bits per heavy atom. The molecule has 0 radical (unpaired) electrons. The van der Waals surface area contributed by atoms with Gasteiger partial charge in [0, 0.05) is 13.2 Å². The van der Waals surface area contributed by atoms with E-state index in [1.807, 2.05) is 0 Å². The van der Waals surface area contributed by atoms with Crippen LogP contribution < -0.4 is 0 Å². The molecule has 0 unspecified atom stereocenters. The van der Waals surface area contributed by atoms with Crippen molar-refractivity contribution in [1.29, 1.82) is 0 Å².